The van der Waals surface area contributed by atoms with Gasteiger partial charge in [0.15, 0.2) is 6.61 Å². The molecule has 25 heavy (non-hydrogen) atoms. The van der Waals surface area contributed by atoms with Crippen molar-refractivity contribution >= 4 is 29.1 Å². The Morgan fingerprint density at radius 3 is 2.56 bits per heavy atom. The molecular weight excluding hydrogens is 322 g/mol. The highest BCUT2D eigenvalue weighted by atomic mass is 16.5. The van der Waals surface area contributed by atoms with Crippen molar-refractivity contribution < 1.29 is 19.1 Å². The molecule has 3 rings (SSSR count). The summed E-state index contributed by atoms with van der Waals surface area (Å²) in [5.41, 5.74) is 1.02. The molecule has 0 unspecified atom stereocenters. The second-order valence-electron chi connectivity index (χ2n) is 6.54. The van der Waals surface area contributed by atoms with Gasteiger partial charge in [-0.05, 0) is 31.0 Å². The number of benzene rings is 1. The van der Waals surface area contributed by atoms with Crippen LogP contribution in [0, 0.1) is 0 Å². The molecule has 7 nitrogen and oxygen atoms in total. The van der Waals surface area contributed by atoms with Gasteiger partial charge in [0.05, 0.1) is 5.69 Å². The lowest BCUT2D eigenvalue weighted by Crippen LogP contribution is -2.41. The molecule has 1 aliphatic heterocycles. The number of hydrogen-bond acceptors (Lipinski definition) is 4. The van der Waals surface area contributed by atoms with Gasteiger partial charge in [-0.2, -0.15) is 0 Å². The maximum absolute atomic E-state index is 12.2. The SMILES string of the molecule is CN1C(=O)COc2ccc(NC(=O)C(=O)NC3CCCCCC3)cc21. The Morgan fingerprint density at radius 2 is 1.84 bits per heavy atom. The molecule has 1 aromatic rings. The minimum atomic E-state index is -0.699. The van der Waals surface area contributed by atoms with Crippen LogP contribution in [0.2, 0.25) is 0 Å². The molecule has 2 aliphatic rings. The first-order valence-corrected chi connectivity index (χ1v) is 8.70. The number of carbonyl (C=O) groups is 3. The van der Waals surface area contributed by atoms with Crippen molar-refractivity contribution in [2.24, 2.45) is 0 Å². The van der Waals surface area contributed by atoms with Gasteiger partial charge in [0.1, 0.15) is 5.75 Å². The van der Waals surface area contributed by atoms with Crippen LogP contribution in [0.25, 0.3) is 0 Å². The van der Waals surface area contributed by atoms with E-state index in [4.69, 9.17) is 4.74 Å². The summed E-state index contributed by atoms with van der Waals surface area (Å²) in [6.45, 7) is -0.000992. The third-order valence-electron chi connectivity index (χ3n) is 4.70. The zero-order chi connectivity index (χ0) is 17.8. The van der Waals surface area contributed by atoms with E-state index in [1.54, 1.807) is 25.2 Å². The fraction of sp³-hybridized carbons (Fsp3) is 0.500. The molecule has 0 bridgehead atoms. The van der Waals surface area contributed by atoms with Crippen LogP contribution in [-0.4, -0.2) is 37.4 Å². The number of ether oxygens (including phenoxy) is 1. The fourth-order valence-electron chi connectivity index (χ4n) is 3.21. The third-order valence-corrected chi connectivity index (χ3v) is 4.70. The number of carbonyl (C=O) groups excluding carboxylic acids is 3. The van der Waals surface area contributed by atoms with Crippen molar-refractivity contribution in [3.05, 3.63) is 18.2 Å². The highest BCUT2D eigenvalue weighted by Gasteiger charge is 2.24. The average Bonchev–Trinajstić information content (AvgIpc) is 2.87. The number of nitrogens with one attached hydrogen (secondary N) is 2. The van der Waals surface area contributed by atoms with E-state index in [1.165, 1.54) is 17.7 Å². The van der Waals surface area contributed by atoms with E-state index in [9.17, 15) is 14.4 Å². The first-order chi connectivity index (χ1) is 12.0. The lowest BCUT2D eigenvalue weighted by molar-refractivity contribution is -0.136. The molecule has 1 aromatic carbocycles. The fourth-order valence-corrected chi connectivity index (χ4v) is 3.21. The first kappa shape index (κ1) is 17.3. The summed E-state index contributed by atoms with van der Waals surface area (Å²) < 4.78 is 5.34. The number of fused-ring (bicyclic) bond motifs is 1. The largest absolute Gasteiger partial charge is 0.482 e. The lowest BCUT2D eigenvalue weighted by Gasteiger charge is -2.26. The Balaban J connectivity index is 1.62. The maximum Gasteiger partial charge on any atom is 0.313 e. The van der Waals surface area contributed by atoms with Crippen molar-refractivity contribution in [3.63, 3.8) is 0 Å². The summed E-state index contributed by atoms with van der Waals surface area (Å²) in [5, 5.41) is 5.40. The molecule has 7 heteroatoms. The molecule has 0 atom stereocenters. The van der Waals surface area contributed by atoms with Crippen LogP contribution >= 0.6 is 0 Å². The van der Waals surface area contributed by atoms with Crippen LogP contribution in [0.15, 0.2) is 18.2 Å². The van der Waals surface area contributed by atoms with Crippen molar-refractivity contribution in [3.8, 4) is 5.75 Å². The zero-order valence-corrected chi connectivity index (χ0v) is 14.3. The van der Waals surface area contributed by atoms with Crippen LogP contribution in [-0.2, 0) is 14.4 Å². The first-order valence-electron chi connectivity index (χ1n) is 8.70. The van der Waals surface area contributed by atoms with E-state index in [0.717, 1.165) is 25.7 Å². The van der Waals surface area contributed by atoms with Crippen LogP contribution in [0.5, 0.6) is 5.75 Å². The molecule has 1 fully saturated rings. The quantitative estimate of drug-likeness (QED) is 0.632. The van der Waals surface area contributed by atoms with Gasteiger partial charge >= 0.3 is 11.8 Å². The molecule has 2 N–H and O–H groups in total. The lowest BCUT2D eigenvalue weighted by atomic mass is 10.1. The van der Waals surface area contributed by atoms with Gasteiger partial charge in [0.2, 0.25) is 0 Å². The van der Waals surface area contributed by atoms with E-state index in [0.29, 0.717) is 17.1 Å². The van der Waals surface area contributed by atoms with Crippen molar-refractivity contribution in [2.45, 2.75) is 44.6 Å². The summed E-state index contributed by atoms with van der Waals surface area (Å²) in [4.78, 5) is 37.4. The number of nitrogens with zero attached hydrogens (tertiary/aromatic N) is 1. The van der Waals surface area contributed by atoms with Crippen molar-refractivity contribution in [2.75, 3.05) is 23.9 Å². The maximum atomic E-state index is 12.2. The molecule has 0 saturated heterocycles. The summed E-state index contributed by atoms with van der Waals surface area (Å²) in [5.74, 6) is -0.912. The predicted molar refractivity (Wildman–Crippen MR) is 93.6 cm³/mol. The molecule has 1 aliphatic carbocycles. The van der Waals surface area contributed by atoms with Crippen LogP contribution in [0.4, 0.5) is 11.4 Å². The van der Waals surface area contributed by atoms with E-state index >= 15 is 0 Å². The van der Waals surface area contributed by atoms with Crippen LogP contribution in [0.1, 0.15) is 38.5 Å². The summed E-state index contributed by atoms with van der Waals surface area (Å²) in [6, 6.07) is 5.03. The topological polar surface area (TPSA) is 87.7 Å². The molecule has 0 aromatic heterocycles. The Hall–Kier alpha value is -2.57. The van der Waals surface area contributed by atoms with E-state index in [2.05, 4.69) is 10.6 Å². The van der Waals surface area contributed by atoms with Crippen molar-refractivity contribution in [1.82, 2.24) is 5.32 Å². The monoisotopic (exact) mass is 345 g/mol. The molecule has 3 amide bonds. The highest BCUT2D eigenvalue weighted by Crippen LogP contribution is 2.33. The van der Waals surface area contributed by atoms with Gasteiger partial charge in [-0.3, -0.25) is 14.4 Å². The predicted octanol–water partition coefficient (Wildman–Crippen LogP) is 1.82. The molecule has 1 saturated carbocycles. The van der Waals surface area contributed by atoms with Gasteiger partial charge in [-0.25, -0.2) is 0 Å². The average molecular weight is 345 g/mol. The van der Waals surface area contributed by atoms with Gasteiger partial charge in [0, 0.05) is 18.8 Å². The summed E-state index contributed by atoms with van der Waals surface area (Å²) in [6.07, 6.45) is 6.36. The van der Waals surface area contributed by atoms with Crippen LogP contribution < -0.4 is 20.3 Å². The summed E-state index contributed by atoms with van der Waals surface area (Å²) in [7, 11) is 1.65. The van der Waals surface area contributed by atoms with E-state index in [-0.39, 0.29) is 18.6 Å². The Kier molecular flexibility index (Phi) is 5.21. The number of hydrogen-bond donors (Lipinski definition) is 2. The number of likely N-dealkylation sites (N-methyl/N-ethyl adjacent to an activating group) is 1. The standard InChI is InChI=1S/C18H23N3O4/c1-21-14-10-13(8-9-15(14)25-11-16(21)22)20-18(24)17(23)19-12-6-4-2-3-5-7-12/h8-10,12H,2-7,11H2,1H3,(H,19,23)(H,20,24). The Labute approximate surface area is 146 Å². The van der Waals surface area contributed by atoms with Gasteiger partial charge in [-0.1, -0.05) is 25.7 Å². The molecular formula is C18H23N3O4. The Morgan fingerprint density at radius 1 is 1.12 bits per heavy atom. The number of amides is 3. The van der Waals surface area contributed by atoms with Gasteiger partial charge in [-0.15, -0.1) is 0 Å². The van der Waals surface area contributed by atoms with Crippen molar-refractivity contribution in [1.29, 1.82) is 0 Å². The Bertz CT molecular complexity index is 681. The van der Waals surface area contributed by atoms with E-state index in [1.807, 2.05) is 0 Å². The minimum absolute atomic E-state index is 0.000992. The molecule has 1 heterocycles. The van der Waals surface area contributed by atoms with Crippen LogP contribution in [0.3, 0.4) is 0 Å². The van der Waals surface area contributed by atoms with Gasteiger partial charge < -0.3 is 20.3 Å². The minimum Gasteiger partial charge on any atom is -0.482 e. The summed E-state index contributed by atoms with van der Waals surface area (Å²) >= 11 is 0. The molecule has 134 valence electrons. The number of rotatable bonds is 2. The highest BCUT2D eigenvalue weighted by molar-refractivity contribution is 6.39. The normalized spacial score (nSPS) is 18.0. The zero-order valence-electron chi connectivity index (χ0n) is 14.3. The number of anilines is 2. The second kappa shape index (κ2) is 7.55. The van der Waals surface area contributed by atoms with E-state index < -0.39 is 11.8 Å². The molecule has 0 radical (unpaired) electrons. The molecule has 0 spiro atoms. The van der Waals surface area contributed by atoms with Gasteiger partial charge in [0.25, 0.3) is 5.91 Å². The second-order valence-corrected chi connectivity index (χ2v) is 6.54. The smallest absolute Gasteiger partial charge is 0.313 e. The third kappa shape index (κ3) is 4.10.